The maximum Gasteiger partial charge on any atom is 0.260 e. The number of thiophene rings is 1. The van der Waals surface area contributed by atoms with Crippen LogP contribution < -0.4 is 5.56 Å². The fourth-order valence-corrected chi connectivity index (χ4v) is 4.65. The summed E-state index contributed by atoms with van der Waals surface area (Å²) in [4.78, 5) is 22.5. The van der Waals surface area contributed by atoms with E-state index in [1.54, 1.807) is 11.3 Å². The molecule has 0 saturated heterocycles. The molecule has 0 aliphatic heterocycles. The quantitative estimate of drug-likeness (QED) is 0.688. The van der Waals surface area contributed by atoms with E-state index in [0.29, 0.717) is 5.82 Å². The molecule has 1 aliphatic rings. The first-order valence-corrected chi connectivity index (χ1v) is 9.32. The zero-order valence-electron chi connectivity index (χ0n) is 13.8. The highest BCUT2D eigenvalue weighted by atomic mass is 32.1. The van der Waals surface area contributed by atoms with Crippen LogP contribution in [0.2, 0.25) is 0 Å². The van der Waals surface area contributed by atoms with Gasteiger partial charge in [-0.3, -0.25) is 4.79 Å². The highest BCUT2D eigenvalue weighted by Gasteiger charge is 2.18. The van der Waals surface area contributed by atoms with Crippen molar-refractivity contribution in [2.75, 3.05) is 0 Å². The Morgan fingerprint density at radius 2 is 1.96 bits per heavy atom. The summed E-state index contributed by atoms with van der Waals surface area (Å²) in [5.41, 5.74) is 3.60. The number of rotatable bonds is 2. The number of hydrogen-bond donors (Lipinski definition) is 1. The van der Waals surface area contributed by atoms with E-state index in [1.807, 2.05) is 24.3 Å². The zero-order chi connectivity index (χ0) is 16.5. The number of nitrogens with one attached hydrogen (secondary N) is 1. The van der Waals surface area contributed by atoms with Crippen molar-refractivity contribution in [2.24, 2.45) is 0 Å². The summed E-state index contributed by atoms with van der Waals surface area (Å²) in [5.74, 6) is 0.632. The number of benzene rings is 1. The maximum absolute atomic E-state index is 12.6. The fraction of sp³-hybridized carbons (Fsp3) is 0.300. The van der Waals surface area contributed by atoms with Crippen molar-refractivity contribution in [1.82, 2.24) is 9.97 Å². The van der Waals surface area contributed by atoms with Gasteiger partial charge >= 0.3 is 0 Å². The fourth-order valence-electron chi connectivity index (χ4n) is 3.38. The van der Waals surface area contributed by atoms with Crippen molar-refractivity contribution in [3.8, 4) is 0 Å². The van der Waals surface area contributed by atoms with Gasteiger partial charge in [-0.2, -0.15) is 0 Å². The molecule has 0 saturated carbocycles. The lowest BCUT2D eigenvalue weighted by atomic mass is 10.1. The summed E-state index contributed by atoms with van der Waals surface area (Å²) in [6.45, 7) is 2.08. The van der Waals surface area contributed by atoms with Gasteiger partial charge in [0.2, 0.25) is 0 Å². The van der Waals surface area contributed by atoms with E-state index in [-0.39, 0.29) is 5.56 Å². The average Bonchev–Trinajstić information content (AvgIpc) is 2.76. The van der Waals surface area contributed by atoms with Crippen molar-refractivity contribution in [1.29, 1.82) is 0 Å². The summed E-state index contributed by atoms with van der Waals surface area (Å²) >= 11 is 1.70. The molecule has 0 amide bonds. The van der Waals surface area contributed by atoms with Crippen molar-refractivity contribution in [2.45, 2.75) is 39.0 Å². The highest BCUT2D eigenvalue weighted by molar-refractivity contribution is 7.18. The van der Waals surface area contributed by atoms with Gasteiger partial charge in [0.05, 0.1) is 5.39 Å². The SMILES string of the molecule is Cc1ccccc1/C=C/c1nc2sc3c(c2c(=O)[nH]1)CCCCC3. The van der Waals surface area contributed by atoms with Gasteiger partial charge in [-0.15, -0.1) is 11.3 Å². The summed E-state index contributed by atoms with van der Waals surface area (Å²) in [5, 5.41) is 0.824. The Labute approximate surface area is 145 Å². The summed E-state index contributed by atoms with van der Waals surface area (Å²) < 4.78 is 0. The van der Waals surface area contributed by atoms with Crippen LogP contribution in [0.25, 0.3) is 22.4 Å². The highest BCUT2D eigenvalue weighted by Crippen LogP contribution is 2.32. The van der Waals surface area contributed by atoms with Crippen LogP contribution in [0.4, 0.5) is 0 Å². The summed E-state index contributed by atoms with van der Waals surface area (Å²) in [7, 11) is 0. The molecule has 122 valence electrons. The van der Waals surface area contributed by atoms with Gasteiger partial charge in [0.1, 0.15) is 10.7 Å². The van der Waals surface area contributed by atoms with E-state index >= 15 is 0 Å². The second-order valence-corrected chi connectivity index (χ2v) is 7.47. The molecule has 1 aliphatic carbocycles. The monoisotopic (exact) mass is 336 g/mol. The van der Waals surface area contributed by atoms with Crippen LogP contribution >= 0.6 is 11.3 Å². The first-order valence-electron chi connectivity index (χ1n) is 8.50. The van der Waals surface area contributed by atoms with Gasteiger partial charge in [0, 0.05) is 4.88 Å². The van der Waals surface area contributed by atoms with Crippen molar-refractivity contribution in [3.63, 3.8) is 0 Å². The lowest BCUT2D eigenvalue weighted by Gasteiger charge is -2.00. The Kier molecular flexibility index (Phi) is 4.07. The third kappa shape index (κ3) is 2.82. The predicted molar refractivity (Wildman–Crippen MR) is 102 cm³/mol. The molecule has 0 bridgehead atoms. The van der Waals surface area contributed by atoms with E-state index in [9.17, 15) is 4.79 Å². The average molecular weight is 336 g/mol. The molecule has 0 radical (unpaired) electrons. The Morgan fingerprint density at radius 1 is 1.12 bits per heavy atom. The first-order chi connectivity index (χ1) is 11.7. The number of fused-ring (bicyclic) bond motifs is 3. The van der Waals surface area contributed by atoms with Gasteiger partial charge in [0.25, 0.3) is 5.56 Å². The minimum atomic E-state index is 0.00355. The predicted octanol–water partition coefficient (Wildman–Crippen LogP) is 4.73. The van der Waals surface area contributed by atoms with Gasteiger partial charge in [-0.05, 0) is 55.4 Å². The third-order valence-corrected chi connectivity index (χ3v) is 5.89. The van der Waals surface area contributed by atoms with Crippen LogP contribution in [0, 0.1) is 6.92 Å². The molecule has 0 unspecified atom stereocenters. The van der Waals surface area contributed by atoms with Crippen LogP contribution in [0.1, 0.15) is 46.7 Å². The largest absolute Gasteiger partial charge is 0.306 e. The summed E-state index contributed by atoms with van der Waals surface area (Å²) in [6.07, 6.45) is 9.66. The van der Waals surface area contributed by atoms with Crippen LogP contribution in [0.3, 0.4) is 0 Å². The van der Waals surface area contributed by atoms with Crippen LogP contribution in [0.5, 0.6) is 0 Å². The molecule has 1 aromatic carbocycles. The molecule has 4 rings (SSSR count). The number of hydrogen-bond acceptors (Lipinski definition) is 3. The Bertz CT molecular complexity index is 981. The molecule has 2 heterocycles. The minimum absolute atomic E-state index is 0.00355. The molecule has 0 fully saturated rings. The Balaban J connectivity index is 1.76. The van der Waals surface area contributed by atoms with Crippen molar-refractivity contribution >= 4 is 33.7 Å². The molecule has 4 heteroatoms. The lowest BCUT2D eigenvalue weighted by molar-refractivity contribution is 0.713. The topological polar surface area (TPSA) is 45.8 Å². The normalized spacial score (nSPS) is 14.9. The molecular weight excluding hydrogens is 316 g/mol. The van der Waals surface area contributed by atoms with E-state index < -0.39 is 0 Å². The molecule has 2 aromatic heterocycles. The Morgan fingerprint density at radius 3 is 2.83 bits per heavy atom. The second-order valence-electron chi connectivity index (χ2n) is 6.39. The smallest absolute Gasteiger partial charge is 0.260 e. The number of aromatic amines is 1. The molecule has 3 aromatic rings. The lowest BCUT2D eigenvalue weighted by Crippen LogP contribution is -2.10. The van der Waals surface area contributed by atoms with E-state index in [0.717, 1.165) is 28.6 Å². The summed E-state index contributed by atoms with van der Waals surface area (Å²) in [6, 6.07) is 8.19. The first kappa shape index (κ1) is 15.3. The van der Waals surface area contributed by atoms with E-state index in [2.05, 4.69) is 24.0 Å². The van der Waals surface area contributed by atoms with Crippen molar-refractivity contribution < 1.29 is 0 Å². The van der Waals surface area contributed by atoms with Gasteiger partial charge in [-0.25, -0.2) is 4.98 Å². The van der Waals surface area contributed by atoms with Crippen LogP contribution in [-0.4, -0.2) is 9.97 Å². The van der Waals surface area contributed by atoms with Gasteiger partial charge < -0.3 is 4.98 Å². The maximum atomic E-state index is 12.6. The third-order valence-electron chi connectivity index (χ3n) is 4.70. The molecular formula is C20H20N2OS. The number of nitrogens with zero attached hydrogens (tertiary/aromatic N) is 1. The molecule has 3 nitrogen and oxygen atoms in total. The van der Waals surface area contributed by atoms with Crippen LogP contribution in [-0.2, 0) is 12.8 Å². The standard InChI is InChI=1S/C20H20N2OS/c1-13-7-5-6-8-14(13)11-12-17-21-19(23)18-15-9-3-2-4-10-16(15)24-20(18)22-17/h5-8,11-12H,2-4,9-10H2,1H3,(H,21,22,23)/b12-11+. The zero-order valence-corrected chi connectivity index (χ0v) is 14.6. The van der Waals surface area contributed by atoms with Gasteiger partial charge in [-0.1, -0.05) is 36.8 Å². The molecule has 24 heavy (non-hydrogen) atoms. The number of aromatic nitrogens is 2. The van der Waals surface area contributed by atoms with Gasteiger partial charge in [0.15, 0.2) is 0 Å². The van der Waals surface area contributed by atoms with E-state index in [1.165, 1.54) is 35.3 Å². The van der Waals surface area contributed by atoms with E-state index in [4.69, 9.17) is 4.98 Å². The van der Waals surface area contributed by atoms with Crippen molar-refractivity contribution in [3.05, 3.63) is 62.0 Å². The van der Waals surface area contributed by atoms with Crippen LogP contribution in [0.15, 0.2) is 29.1 Å². The minimum Gasteiger partial charge on any atom is -0.306 e. The molecule has 0 spiro atoms. The molecule has 0 atom stereocenters. The Hall–Kier alpha value is -2.20. The second kappa shape index (κ2) is 6.36. The molecule has 1 N–H and O–H groups in total. The number of aryl methyl sites for hydroxylation is 3. The number of H-pyrrole nitrogens is 1.